The van der Waals surface area contributed by atoms with Gasteiger partial charge in [0.15, 0.2) is 11.5 Å². The lowest BCUT2D eigenvalue weighted by Gasteiger charge is -2.37. The summed E-state index contributed by atoms with van der Waals surface area (Å²) in [5.74, 6) is 0.732. The molecule has 4 rings (SSSR count). The number of ketones is 1. The summed E-state index contributed by atoms with van der Waals surface area (Å²) in [4.78, 5) is 22.7. The van der Waals surface area contributed by atoms with Gasteiger partial charge in [0.1, 0.15) is 0 Å². The number of allylic oxidation sites excluding steroid dienone is 2. The predicted molar refractivity (Wildman–Crippen MR) is 102 cm³/mol. The number of nitrogens with one attached hydrogen (secondary N) is 1. The van der Waals surface area contributed by atoms with Crippen LogP contribution in [0.4, 0.5) is 11.4 Å². The van der Waals surface area contributed by atoms with Gasteiger partial charge in [0.25, 0.3) is 0 Å². The lowest BCUT2D eigenvalue weighted by atomic mass is 9.76. The summed E-state index contributed by atoms with van der Waals surface area (Å²) >= 11 is 0. The first-order chi connectivity index (χ1) is 13.0. The highest BCUT2D eigenvalue weighted by atomic mass is 16.6. The van der Waals surface area contributed by atoms with Crippen LogP contribution in [0.5, 0.6) is 5.75 Å². The summed E-state index contributed by atoms with van der Waals surface area (Å²) in [6.45, 7) is 1.57. The van der Waals surface area contributed by atoms with Gasteiger partial charge in [-0.2, -0.15) is 0 Å². The highest BCUT2D eigenvalue weighted by Crippen LogP contribution is 2.50. The predicted octanol–water partition coefficient (Wildman–Crippen LogP) is 4.63. The second-order valence-electron chi connectivity index (χ2n) is 7.02. The van der Waals surface area contributed by atoms with Gasteiger partial charge in [-0.15, -0.1) is 0 Å². The van der Waals surface area contributed by atoms with Gasteiger partial charge < -0.3 is 10.1 Å². The van der Waals surface area contributed by atoms with Crippen molar-refractivity contribution in [1.82, 2.24) is 0 Å². The van der Waals surface area contributed by atoms with E-state index in [-0.39, 0.29) is 35.1 Å². The second-order valence-corrected chi connectivity index (χ2v) is 7.02. The van der Waals surface area contributed by atoms with E-state index in [0.717, 1.165) is 23.2 Å². The molecule has 1 aliphatic heterocycles. The highest BCUT2D eigenvalue weighted by molar-refractivity contribution is 5.95. The quantitative estimate of drug-likeness (QED) is 0.370. The minimum atomic E-state index is -0.414. The molecule has 2 aromatic rings. The summed E-state index contributed by atoms with van der Waals surface area (Å²) in [6, 6.07) is 10.8. The molecule has 0 aromatic heterocycles. The fourth-order valence-electron chi connectivity index (χ4n) is 4.19. The van der Waals surface area contributed by atoms with Crippen molar-refractivity contribution in [3.8, 4) is 5.75 Å². The maximum atomic E-state index is 11.8. The summed E-state index contributed by atoms with van der Waals surface area (Å²) in [5.41, 5.74) is 3.62. The number of ether oxygens (including phenoxy) is 1. The molecule has 2 aliphatic rings. The van der Waals surface area contributed by atoms with Crippen LogP contribution >= 0.6 is 0 Å². The zero-order valence-electron chi connectivity index (χ0n) is 15.1. The Labute approximate surface area is 157 Å². The van der Waals surface area contributed by atoms with Crippen molar-refractivity contribution >= 4 is 17.2 Å². The van der Waals surface area contributed by atoms with Crippen LogP contribution in [0, 0.1) is 16.0 Å². The summed E-state index contributed by atoms with van der Waals surface area (Å²) in [5, 5.41) is 14.9. The smallest absolute Gasteiger partial charge is 0.311 e. The maximum Gasteiger partial charge on any atom is 0.311 e. The molecule has 0 saturated carbocycles. The molecule has 1 aliphatic carbocycles. The summed E-state index contributed by atoms with van der Waals surface area (Å²) in [6.07, 6.45) is 5.21. The molecule has 138 valence electrons. The van der Waals surface area contributed by atoms with Gasteiger partial charge in [-0.1, -0.05) is 18.2 Å². The van der Waals surface area contributed by atoms with Gasteiger partial charge in [-0.3, -0.25) is 14.9 Å². The molecule has 1 N–H and O–H groups in total. The van der Waals surface area contributed by atoms with E-state index in [1.54, 1.807) is 19.1 Å². The molecule has 6 heteroatoms. The Bertz CT molecular complexity index is 967. The van der Waals surface area contributed by atoms with E-state index in [2.05, 4.69) is 17.5 Å². The molecule has 0 amide bonds. The molecule has 3 atom stereocenters. The van der Waals surface area contributed by atoms with Gasteiger partial charge in [-0.05, 0) is 54.7 Å². The number of nitro benzene ring substituents is 1. The van der Waals surface area contributed by atoms with E-state index >= 15 is 0 Å². The highest BCUT2D eigenvalue weighted by Gasteiger charge is 2.38. The molecule has 0 unspecified atom stereocenters. The molecule has 0 saturated heterocycles. The molecule has 27 heavy (non-hydrogen) atoms. The van der Waals surface area contributed by atoms with Gasteiger partial charge in [0.05, 0.1) is 18.1 Å². The fraction of sp³-hybridized carbons (Fsp3) is 0.286. The van der Waals surface area contributed by atoms with E-state index in [9.17, 15) is 14.9 Å². The first-order valence-electron chi connectivity index (χ1n) is 8.90. The second kappa shape index (κ2) is 6.54. The summed E-state index contributed by atoms with van der Waals surface area (Å²) in [7, 11) is 1.43. The third-order valence-electron chi connectivity index (χ3n) is 5.53. The summed E-state index contributed by atoms with van der Waals surface area (Å²) < 4.78 is 5.12. The Hall–Kier alpha value is -3.15. The normalized spacial score (nSPS) is 22.5. The third-order valence-corrected chi connectivity index (χ3v) is 5.53. The lowest BCUT2D eigenvalue weighted by Crippen LogP contribution is -2.29. The Kier molecular flexibility index (Phi) is 4.18. The Morgan fingerprint density at radius 2 is 2.07 bits per heavy atom. The standard InChI is InChI=1S/C21H20N2O4/c1-12(24)13-6-8-18-17(10-13)15-4-3-5-16(15)21(22-18)14-7-9-20(27-2)19(11-14)23(25)26/h3-4,6-11,15-16,21-22H,5H2,1-2H3/t15-,16+,21+/m1/s1. The number of rotatable bonds is 4. The number of methoxy groups -OCH3 is 1. The molecule has 0 spiro atoms. The van der Waals surface area contributed by atoms with Crippen LogP contribution in [-0.2, 0) is 0 Å². The molecule has 0 radical (unpaired) electrons. The number of fused-ring (bicyclic) bond motifs is 3. The van der Waals surface area contributed by atoms with E-state index in [1.165, 1.54) is 7.11 Å². The van der Waals surface area contributed by atoms with Gasteiger partial charge in [0.2, 0.25) is 0 Å². The van der Waals surface area contributed by atoms with Crippen LogP contribution in [0.1, 0.15) is 46.8 Å². The Morgan fingerprint density at radius 3 is 2.78 bits per heavy atom. The number of carbonyl (C=O) groups is 1. The molecule has 2 aromatic carbocycles. The zero-order chi connectivity index (χ0) is 19.1. The van der Waals surface area contributed by atoms with Crippen LogP contribution in [0.25, 0.3) is 0 Å². The van der Waals surface area contributed by atoms with Crippen molar-refractivity contribution in [2.75, 3.05) is 12.4 Å². The van der Waals surface area contributed by atoms with E-state index in [1.807, 2.05) is 24.3 Å². The average molecular weight is 364 g/mol. The number of hydrogen-bond acceptors (Lipinski definition) is 5. The number of benzene rings is 2. The van der Waals surface area contributed by atoms with Gasteiger partial charge in [0, 0.05) is 23.2 Å². The molecule has 6 nitrogen and oxygen atoms in total. The Morgan fingerprint density at radius 1 is 1.26 bits per heavy atom. The number of carbonyl (C=O) groups excluding carboxylic acids is 1. The maximum absolute atomic E-state index is 11.8. The topological polar surface area (TPSA) is 81.5 Å². The molecule has 0 fully saturated rings. The van der Waals surface area contributed by atoms with Crippen molar-refractivity contribution in [2.45, 2.75) is 25.3 Å². The van der Waals surface area contributed by atoms with E-state index in [4.69, 9.17) is 4.74 Å². The van der Waals surface area contributed by atoms with Crippen LogP contribution in [-0.4, -0.2) is 17.8 Å². The van der Waals surface area contributed by atoms with E-state index < -0.39 is 4.92 Å². The molecule has 0 bridgehead atoms. The van der Waals surface area contributed by atoms with Crippen LogP contribution in [0.2, 0.25) is 0 Å². The first-order valence-corrected chi connectivity index (χ1v) is 8.90. The fourth-order valence-corrected chi connectivity index (χ4v) is 4.19. The van der Waals surface area contributed by atoms with Crippen molar-refractivity contribution in [3.05, 3.63) is 75.4 Å². The van der Waals surface area contributed by atoms with Crippen molar-refractivity contribution in [3.63, 3.8) is 0 Å². The molecular weight excluding hydrogens is 344 g/mol. The third kappa shape index (κ3) is 2.87. The van der Waals surface area contributed by atoms with Crippen molar-refractivity contribution in [2.24, 2.45) is 5.92 Å². The van der Waals surface area contributed by atoms with Crippen LogP contribution in [0.3, 0.4) is 0 Å². The van der Waals surface area contributed by atoms with Gasteiger partial charge >= 0.3 is 5.69 Å². The van der Waals surface area contributed by atoms with Gasteiger partial charge in [-0.25, -0.2) is 0 Å². The van der Waals surface area contributed by atoms with Crippen LogP contribution in [0.15, 0.2) is 48.6 Å². The number of hydrogen-bond donors (Lipinski definition) is 1. The van der Waals surface area contributed by atoms with Crippen molar-refractivity contribution in [1.29, 1.82) is 0 Å². The number of anilines is 1. The minimum Gasteiger partial charge on any atom is -0.490 e. The SMILES string of the molecule is COc1ccc([C@@H]2Nc3ccc(C(C)=O)cc3[C@@H]3C=CC[C@@H]32)cc1[N+](=O)[O-]. The van der Waals surface area contributed by atoms with E-state index in [0.29, 0.717) is 5.56 Å². The first kappa shape index (κ1) is 17.3. The minimum absolute atomic E-state index is 0.0305. The monoisotopic (exact) mass is 364 g/mol. The number of Topliss-reactive ketones (excluding diaryl/α,β-unsaturated/α-hetero) is 1. The molecular formula is C21H20N2O4. The molecule has 1 heterocycles. The average Bonchev–Trinajstić information content (AvgIpc) is 3.16. The van der Waals surface area contributed by atoms with Crippen molar-refractivity contribution < 1.29 is 14.5 Å². The Balaban J connectivity index is 1.77. The number of nitro groups is 1. The zero-order valence-corrected chi connectivity index (χ0v) is 15.1. The largest absolute Gasteiger partial charge is 0.490 e. The number of nitrogens with zero attached hydrogens (tertiary/aromatic N) is 1. The van der Waals surface area contributed by atoms with Crippen LogP contribution < -0.4 is 10.1 Å². The lowest BCUT2D eigenvalue weighted by molar-refractivity contribution is -0.385.